The summed E-state index contributed by atoms with van der Waals surface area (Å²) in [5, 5.41) is 0. The Morgan fingerprint density at radius 1 is 1.31 bits per heavy atom. The zero-order chi connectivity index (χ0) is 11.9. The number of hydrogen-bond donors (Lipinski definition) is 0. The summed E-state index contributed by atoms with van der Waals surface area (Å²) in [6.07, 6.45) is 2.36. The van der Waals surface area contributed by atoms with E-state index in [-0.39, 0.29) is 5.43 Å². The van der Waals surface area contributed by atoms with Gasteiger partial charge in [-0.05, 0) is 54.4 Å². The van der Waals surface area contributed by atoms with Crippen molar-refractivity contribution in [1.82, 2.24) is 0 Å². The Bertz CT molecular complexity index is 472. The Kier molecular flexibility index (Phi) is 2.88. The first kappa shape index (κ1) is 11.4. The molecule has 0 aliphatic heterocycles. The summed E-state index contributed by atoms with van der Waals surface area (Å²) in [5.74, 6) is 0.925. The number of fused-ring (bicyclic) bond motifs is 1. The van der Waals surface area contributed by atoms with Crippen LogP contribution in [0.1, 0.15) is 61.3 Å². The summed E-state index contributed by atoms with van der Waals surface area (Å²) in [5.41, 5.74) is 5.17. The van der Waals surface area contributed by atoms with E-state index in [2.05, 4.69) is 33.8 Å². The third kappa shape index (κ3) is 1.79. The Morgan fingerprint density at radius 2 is 2.00 bits per heavy atom. The molecule has 0 unspecified atom stereocenters. The summed E-state index contributed by atoms with van der Waals surface area (Å²) >= 11 is 0. The van der Waals surface area contributed by atoms with Gasteiger partial charge in [-0.3, -0.25) is 4.79 Å². The summed E-state index contributed by atoms with van der Waals surface area (Å²) in [7, 11) is 0. The Labute approximate surface area is 97.5 Å². The van der Waals surface area contributed by atoms with Crippen LogP contribution in [0.4, 0.5) is 0 Å². The minimum absolute atomic E-state index is 0.203. The van der Waals surface area contributed by atoms with Gasteiger partial charge in [-0.25, -0.2) is 0 Å². The van der Waals surface area contributed by atoms with E-state index >= 15 is 0 Å². The van der Waals surface area contributed by atoms with Crippen LogP contribution in [0.25, 0.3) is 0 Å². The molecule has 0 radical (unpaired) electrons. The topological polar surface area (TPSA) is 17.1 Å². The van der Waals surface area contributed by atoms with Gasteiger partial charge < -0.3 is 0 Å². The first-order valence-corrected chi connectivity index (χ1v) is 6.18. The second-order valence-electron chi connectivity index (χ2n) is 5.32. The second kappa shape index (κ2) is 4.04. The molecule has 0 heterocycles. The van der Waals surface area contributed by atoms with Crippen molar-refractivity contribution < 1.29 is 0 Å². The summed E-state index contributed by atoms with van der Waals surface area (Å²) < 4.78 is 0. The predicted molar refractivity (Wildman–Crippen MR) is 68.3 cm³/mol. The number of rotatable bonds is 1. The highest BCUT2D eigenvalue weighted by Gasteiger charge is 2.21. The van der Waals surface area contributed by atoms with Gasteiger partial charge in [-0.15, -0.1) is 0 Å². The highest BCUT2D eigenvalue weighted by Crippen LogP contribution is 2.34. The molecule has 1 aliphatic carbocycles. The SMILES string of the molecule is Cc1cc(=O)c(C(C)C)cc2c1CC[C@H]2C. The van der Waals surface area contributed by atoms with Gasteiger partial charge in [-0.2, -0.15) is 0 Å². The molecule has 0 amide bonds. The van der Waals surface area contributed by atoms with E-state index in [0.717, 1.165) is 12.0 Å². The molecular formula is C15H20O. The molecule has 1 aromatic carbocycles. The van der Waals surface area contributed by atoms with Crippen LogP contribution in [-0.4, -0.2) is 0 Å². The van der Waals surface area contributed by atoms with Crippen molar-refractivity contribution in [3.05, 3.63) is 44.6 Å². The highest BCUT2D eigenvalue weighted by molar-refractivity contribution is 5.41. The van der Waals surface area contributed by atoms with Crippen molar-refractivity contribution in [2.75, 3.05) is 0 Å². The lowest BCUT2D eigenvalue weighted by Crippen LogP contribution is -2.06. The molecule has 0 spiro atoms. The lowest BCUT2D eigenvalue weighted by Gasteiger charge is -2.05. The first-order valence-electron chi connectivity index (χ1n) is 6.18. The Balaban J connectivity index is 2.75. The van der Waals surface area contributed by atoms with E-state index in [9.17, 15) is 4.79 Å². The lowest BCUT2D eigenvalue weighted by atomic mass is 9.99. The van der Waals surface area contributed by atoms with Crippen LogP contribution in [0.15, 0.2) is 16.9 Å². The lowest BCUT2D eigenvalue weighted by molar-refractivity contribution is 0.743. The molecule has 1 heteroatoms. The van der Waals surface area contributed by atoms with Gasteiger partial charge in [0.05, 0.1) is 0 Å². The quantitative estimate of drug-likeness (QED) is 0.702. The first-order chi connectivity index (χ1) is 7.50. The average molecular weight is 216 g/mol. The van der Waals surface area contributed by atoms with Crippen LogP contribution < -0.4 is 5.43 Å². The molecular weight excluding hydrogens is 196 g/mol. The van der Waals surface area contributed by atoms with Gasteiger partial charge in [0.1, 0.15) is 0 Å². The van der Waals surface area contributed by atoms with Crippen LogP contribution in [-0.2, 0) is 6.42 Å². The molecule has 0 aromatic heterocycles. The number of aryl methyl sites for hydroxylation is 1. The summed E-state index contributed by atoms with van der Waals surface area (Å²) in [6, 6.07) is 3.99. The van der Waals surface area contributed by atoms with Gasteiger partial charge in [0.2, 0.25) is 0 Å². The maximum absolute atomic E-state index is 12.0. The molecule has 1 aromatic rings. The minimum atomic E-state index is 0.203. The van der Waals surface area contributed by atoms with Crippen molar-refractivity contribution in [3.63, 3.8) is 0 Å². The van der Waals surface area contributed by atoms with Crippen molar-refractivity contribution in [3.8, 4) is 0 Å². The molecule has 0 fully saturated rings. The third-order valence-corrected chi connectivity index (χ3v) is 3.75. The van der Waals surface area contributed by atoms with Gasteiger partial charge in [0.15, 0.2) is 5.43 Å². The normalized spacial score (nSPS) is 18.9. The molecule has 0 saturated heterocycles. The van der Waals surface area contributed by atoms with E-state index in [4.69, 9.17) is 0 Å². The molecule has 1 nitrogen and oxygen atoms in total. The Morgan fingerprint density at radius 3 is 2.62 bits per heavy atom. The fraction of sp³-hybridized carbons (Fsp3) is 0.533. The van der Waals surface area contributed by atoms with Gasteiger partial charge >= 0.3 is 0 Å². The maximum Gasteiger partial charge on any atom is 0.182 e. The van der Waals surface area contributed by atoms with Crippen molar-refractivity contribution in [2.24, 2.45) is 0 Å². The van der Waals surface area contributed by atoms with Crippen LogP contribution in [0.2, 0.25) is 0 Å². The van der Waals surface area contributed by atoms with E-state index in [0.29, 0.717) is 11.8 Å². The fourth-order valence-corrected chi connectivity index (χ4v) is 2.67. The van der Waals surface area contributed by atoms with Crippen LogP contribution >= 0.6 is 0 Å². The molecule has 0 N–H and O–H groups in total. The summed E-state index contributed by atoms with van der Waals surface area (Å²) in [4.78, 5) is 12.0. The van der Waals surface area contributed by atoms with Crippen molar-refractivity contribution in [1.29, 1.82) is 0 Å². The van der Waals surface area contributed by atoms with Gasteiger partial charge in [0, 0.05) is 5.56 Å². The highest BCUT2D eigenvalue weighted by atomic mass is 16.1. The maximum atomic E-state index is 12.0. The predicted octanol–water partition coefficient (Wildman–Crippen LogP) is 3.53. The largest absolute Gasteiger partial charge is 0.290 e. The van der Waals surface area contributed by atoms with E-state index in [1.807, 2.05) is 6.07 Å². The molecule has 1 aliphatic rings. The van der Waals surface area contributed by atoms with Crippen LogP contribution in [0, 0.1) is 6.92 Å². The van der Waals surface area contributed by atoms with Gasteiger partial charge in [-0.1, -0.05) is 26.8 Å². The monoisotopic (exact) mass is 216 g/mol. The molecule has 16 heavy (non-hydrogen) atoms. The standard InChI is InChI=1S/C15H20O/c1-9(2)13-8-14-10(3)5-6-12(14)11(4)7-15(13)16/h7-10H,5-6H2,1-4H3/t10-/m1/s1. The third-order valence-electron chi connectivity index (χ3n) is 3.75. The average Bonchev–Trinajstić information content (AvgIpc) is 2.49. The molecule has 1 atom stereocenters. The molecule has 2 rings (SSSR count). The molecule has 0 saturated carbocycles. The summed E-state index contributed by atoms with van der Waals surface area (Å²) in [6.45, 7) is 8.53. The van der Waals surface area contributed by atoms with Crippen molar-refractivity contribution >= 4 is 0 Å². The fourth-order valence-electron chi connectivity index (χ4n) is 2.67. The van der Waals surface area contributed by atoms with Crippen LogP contribution in [0.5, 0.6) is 0 Å². The smallest absolute Gasteiger partial charge is 0.182 e. The van der Waals surface area contributed by atoms with Crippen molar-refractivity contribution in [2.45, 2.75) is 52.4 Å². The van der Waals surface area contributed by atoms with Crippen LogP contribution in [0.3, 0.4) is 0 Å². The Hall–Kier alpha value is -1.11. The zero-order valence-corrected chi connectivity index (χ0v) is 10.6. The van der Waals surface area contributed by atoms with E-state index < -0.39 is 0 Å². The van der Waals surface area contributed by atoms with E-state index in [1.54, 1.807) is 0 Å². The van der Waals surface area contributed by atoms with Gasteiger partial charge in [0.25, 0.3) is 0 Å². The second-order valence-corrected chi connectivity index (χ2v) is 5.32. The molecule has 86 valence electrons. The number of hydrogen-bond acceptors (Lipinski definition) is 1. The van der Waals surface area contributed by atoms with E-state index in [1.165, 1.54) is 23.1 Å². The molecule has 0 bridgehead atoms. The minimum Gasteiger partial charge on any atom is -0.290 e. The zero-order valence-electron chi connectivity index (χ0n) is 10.6.